The Bertz CT molecular complexity index is 916. The van der Waals surface area contributed by atoms with E-state index in [1.807, 2.05) is 0 Å². The van der Waals surface area contributed by atoms with Crippen LogP contribution in [0.2, 0.25) is 5.02 Å². The number of methoxy groups -OCH3 is 1. The zero-order valence-corrected chi connectivity index (χ0v) is 17.0. The largest absolute Gasteiger partial charge is 0.497 e. The third-order valence-electron chi connectivity index (χ3n) is 4.75. The van der Waals surface area contributed by atoms with Gasteiger partial charge in [-0.2, -0.15) is 0 Å². The maximum Gasteiger partial charge on any atom is 0.247 e. The van der Waals surface area contributed by atoms with Crippen molar-refractivity contribution in [3.05, 3.63) is 59.1 Å². The Morgan fingerprint density at radius 3 is 2.66 bits per heavy atom. The summed E-state index contributed by atoms with van der Waals surface area (Å²) >= 11 is 5.87. The van der Waals surface area contributed by atoms with Gasteiger partial charge in [-0.15, -0.1) is 0 Å². The number of hydrogen-bond acceptors (Lipinski definition) is 5. The number of imide groups is 1. The second-order valence-electron chi connectivity index (χ2n) is 6.86. The van der Waals surface area contributed by atoms with Gasteiger partial charge in [-0.05, 0) is 36.9 Å². The van der Waals surface area contributed by atoms with E-state index in [9.17, 15) is 14.4 Å². The Morgan fingerprint density at radius 2 is 1.97 bits per heavy atom. The number of carbonyl (C=O) groups is 3. The zero-order chi connectivity index (χ0) is 21.0. The van der Waals surface area contributed by atoms with Gasteiger partial charge in [0.2, 0.25) is 17.7 Å². The van der Waals surface area contributed by atoms with Crippen molar-refractivity contribution < 1.29 is 19.1 Å². The Hall–Kier alpha value is -2.90. The molecule has 0 spiro atoms. The number of carbonyl (C=O) groups excluding carboxylic acids is 3. The van der Waals surface area contributed by atoms with Gasteiger partial charge in [-0.25, -0.2) is 0 Å². The minimum absolute atomic E-state index is 0.0182. The molecule has 8 heteroatoms. The Balaban J connectivity index is 1.59. The molecule has 0 aliphatic carbocycles. The number of anilines is 1. The number of ether oxygens (including phenoxy) is 1. The lowest BCUT2D eigenvalue weighted by Gasteiger charge is -2.22. The molecule has 1 atom stereocenters. The Morgan fingerprint density at radius 1 is 1.24 bits per heavy atom. The molecule has 0 radical (unpaired) electrons. The lowest BCUT2D eigenvalue weighted by Crippen LogP contribution is -2.43. The standard InChI is InChI=1S/C21H22ClN3O4/c1-24(13-19(26)23-16-4-3-5-17(10-16)29-2)18-11-20(27)25(21(18)28)12-14-6-8-15(22)9-7-14/h3-10,18H,11-13H2,1-2H3,(H,23,26). The van der Waals surface area contributed by atoms with E-state index in [0.29, 0.717) is 16.5 Å². The molecular weight excluding hydrogens is 394 g/mol. The van der Waals surface area contributed by atoms with Crippen molar-refractivity contribution in [2.45, 2.75) is 19.0 Å². The fourth-order valence-corrected chi connectivity index (χ4v) is 3.31. The van der Waals surface area contributed by atoms with Crippen LogP contribution < -0.4 is 10.1 Å². The predicted octanol–water partition coefficient (Wildman–Crippen LogP) is 2.55. The number of benzene rings is 2. The predicted molar refractivity (Wildman–Crippen MR) is 110 cm³/mol. The van der Waals surface area contributed by atoms with Crippen LogP contribution in [0.4, 0.5) is 5.69 Å². The first-order valence-electron chi connectivity index (χ1n) is 9.10. The van der Waals surface area contributed by atoms with Crippen LogP contribution in [0.5, 0.6) is 5.75 Å². The van der Waals surface area contributed by atoms with Crippen LogP contribution in [-0.4, -0.2) is 54.3 Å². The number of likely N-dealkylation sites (tertiary alicyclic amines) is 1. The summed E-state index contributed by atoms with van der Waals surface area (Å²) in [5.74, 6) is -0.209. The molecule has 7 nitrogen and oxygen atoms in total. The molecule has 29 heavy (non-hydrogen) atoms. The SMILES string of the molecule is COc1cccc(NC(=O)CN(C)C2CC(=O)N(Cc3ccc(Cl)cc3)C2=O)c1. The van der Waals surface area contributed by atoms with Crippen molar-refractivity contribution in [3.63, 3.8) is 0 Å². The average Bonchev–Trinajstić information content (AvgIpc) is 2.98. The number of nitrogens with one attached hydrogen (secondary N) is 1. The van der Waals surface area contributed by atoms with E-state index in [1.165, 1.54) is 4.90 Å². The van der Waals surface area contributed by atoms with Gasteiger partial charge >= 0.3 is 0 Å². The van der Waals surface area contributed by atoms with E-state index in [2.05, 4.69) is 5.32 Å². The second kappa shape index (κ2) is 9.07. The van der Waals surface area contributed by atoms with Gasteiger partial charge in [0.15, 0.2) is 0 Å². The quantitative estimate of drug-likeness (QED) is 0.703. The first-order valence-corrected chi connectivity index (χ1v) is 9.48. The molecule has 1 heterocycles. The highest BCUT2D eigenvalue weighted by atomic mass is 35.5. The summed E-state index contributed by atoms with van der Waals surface area (Å²) in [6.07, 6.45) is 0.0510. The van der Waals surface area contributed by atoms with Gasteiger partial charge in [-0.3, -0.25) is 24.2 Å². The van der Waals surface area contributed by atoms with Crippen LogP contribution in [-0.2, 0) is 20.9 Å². The van der Waals surface area contributed by atoms with E-state index in [0.717, 1.165) is 5.56 Å². The van der Waals surface area contributed by atoms with E-state index in [4.69, 9.17) is 16.3 Å². The van der Waals surface area contributed by atoms with E-state index < -0.39 is 6.04 Å². The Kier molecular flexibility index (Phi) is 6.51. The molecule has 1 aliphatic heterocycles. The highest BCUT2D eigenvalue weighted by Gasteiger charge is 2.41. The van der Waals surface area contributed by atoms with Gasteiger partial charge < -0.3 is 10.1 Å². The molecule has 1 saturated heterocycles. The molecular formula is C21H22ClN3O4. The van der Waals surface area contributed by atoms with Gasteiger partial charge in [0.25, 0.3) is 0 Å². The summed E-state index contributed by atoms with van der Waals surface area (Å²) in [4.78, 5) is 40.3. The minimum atomic E-state index is -0.661. The molecule has 1 fully saturated rings. The maximum absolute atomic E-state index is 12.7. The van der Waals surface area contributed by atoms with Crippen molar-refractivity contribution in [1.29, 1.82) is 0 Å². The summed E-state index contributed by atoms with van der Waals surface area (Å²) < 4.78 is 5.14. The zero-order valence-electron chi connectivity index (χ0n) is 16.2. The molecule has 0 bridgehead atoms. The molecule has 152 valence electrons. The fraction of sp³-hybridized carbons (Fsp3) is 0.286. The van der Waals surface area contributed by atoms with Gasteiger partial charge in [0, 0.05) is 16.8 Å². The van der Waals surface area contributed by atoms with Crippen LogP contribution in [0.1, 0.15) is 12.0 Å². The summed E-state index contributed by atoms with van der Waals surface area (Å²) in [5, 5.41) is 3.36. The van der Waals surface area contributed by atoms with Crippen molar-refractivity contribution in [3.8, 4) is 5.75 Å². The minimum Gasteiger partial charge on any atom is -0.497 e. The van der Waals surface area contributed by atoms with Gasteiger partial charge in [0.1, 0.15) is 5.75 Å². The number of amides is 3. The smallest absolute Gasteiger partial charge is 0.247 e. The highest BCUT2D eigenvalue weighted by molar-refractivity contribution is 6.30. The third-order valence-corrected chi connectivity index (χ3v) is 5.00. The highest BCUT2D eigenvalue weighted by Crippen LogP contribution is 2.22. The first-order chi connectivity index (χ1) is 13.9. The van der Waals surface area contributed by atoms with Crippen molar-refractivity contribution in [2.75, 3.05) is 26.0 Å². The fourth-order valence-electron chi connectivity index (χ4n) is 3.19. The second-order valence-corrected chi connectivity index (χ2v) is 7.30. The van der Waals surface area contributed by atoms with Crippen LogP contribution in [0.25, 0.3) is 0 Å². The number of likely N-dealkylation sites (N-methyl/N-ethyl adjacent to an activating group) is 1. The monoisotopic (exact) mass is 415 g/mol. The molecule has 3 rings (SSSR count). The number of rotatable bonds is 7. The van der Waals surface area contributed by atoms with E-state index in [-0.39, 0.29) is 37.2 Å². The normalized spacial score (nSPS) is 16.4. The molecule has 0 aromatic heterocycles. The van der Waals surface area contributed by atoms with Crippen LogP contribution >= 0.6 is 11.6 Å². The maximum atomic E-state index is 12.7. The number of halogens is 1. The van der Waals surface area contributed by atoms with Crippen LogP contribution in [0.15, 0.2) is 48.5 Å². The number of hydrogen-bond donors (Lipinski definition) is 1. The van der Waals surface area contributed by atoms with Crippen LogP contribution in [0, 0.1) is 0 Å². The molecule has 1 N–H and O–H groups in total. The van der Waals surface area contributed by atoms with Gasteiger partial charge in [-0.1, -0.05) is 29.8 Å². The summed E-state index contributed by atoms with van der Waals surface area (Å²) in [7, 11) is 3.21. The van der Waals surface area contributed by atoms with Crippen molar-refractivity contribution in [1.82, 2.24) is 9.80 Å². The van der Waals surface area contributed by atoms with Crippen LogP contribution in [0.3, 0.4) is 0 Å². The third kappa shape index (κ3) is 5.13. The van der Waals surface area contributed by atoms with Gasteiger partial charge in [0.05, 0.1) is 32.7 Å². The number of nitrogens with zero attached hydrogens (tertiary/aromatic N) is 2. The van der Waals surface area contributed by atoms with Crippen molar-refractivity contribution in [2.24, 2.45) is 0 Å². The lowest BCUT2D eigenvalue weighted by molar-refractivity contribution is -0.140. The van der Waals surface area contributed by atoms with E-state index >= 15 is 0 Å². The van der Waals surface area contributed by atoms with Crippen molar-refractivity contribution >= 4 is 35.0 Å². The molecule has 2 aromatic carbocycles. The topological polar surface area (TPSA) is 79.0 Å². The molecule has 0 saturated carbocycles. The molecule has 2 aromatic rings. The molecule has 1 aliphatic rings. The molecule has 3 amide bonds. The summed E-state index contributed by atoms with van der Waals surface area (Å²) in [6.45, 7) is 0.171. The molecule has 1 unspecified atom stereocenters. The first kappa shape index (κ1) is 20.8. The lowest BCUT2D eigenvalue weighted by atomic mass is 10.2. The summed E-state index contributed by atoms with van der Waals surface area (Å²) in [5.41, 5.74) is 1.41. The Labute approximate surface area is 174 Å². The summed E-state index contributed by atoms with van der Waals surface area (Å²) in [6, 6.07) is 13.3. The average molecular weight is 416 g/mol. The van der Waals surface area contributed by atoms with E-state index in [1.54, 1.807) is 67.6 Å².